The molecule has 5 nitrogen and oxygen atoms in total. The lowest BCUT2D eigenvalue weighted by molar-refractivity contribution is -0.121. The van der Waals surface area contributed by atoms with Gasteiger partial charge >= 0.3 is 0 Å². The number of thiophene rings is 1. The van der Waals surface area contributed by atoms with Crippen molar-refractivity contribution in [2.45, 2.75) is 18.9 Å². The number of aromatic nitrogens is 3. The lowest BCUT2D eigenvalue weighted by atomic mass is 10.0. The normalized spacial score (nSPS) is 12.0. The van der Waals surface area contributed by atoms with Gasteiger partial charge in [-0.25, -0.2) is 4.98 Å². The highest BCUT2D eigenvalue weighted by atomic mass is 35.5. The Kier molecular flexibility index (Phi) is 5.05. The maximum absolute atomic E-state index is 12.3. The first-order valence-electron chi connectivity index (χ1n) is 7.13. The van der Waals surface area contributed by atoms with Gasteiger partial charge in [0, 0.05) is 17.9 Å². The molecule has 2 N–H and O–H groups in total. The van der Waals surface area contributed by atoms with Gasteiger partial charge in [0.05, 0.1) is 6.04 Å². The van der Waals surface area contributed by atoms with Gasteiger partial charge < -0.3 is 5.32 Å². The molecule has 0 fully saturated rings. The Balaban J connectivity index is 1.71. The van der Waals surface area contributed by atoms with E-state index in [1.165, 1.54) is 6.33 Å². The zero-order valence-corrected chi connectivity index (χ0v) is 13.8. The average molecular weight is 347 g/mol. The van der Waals surface area contributed by atoms with Crippen LogP contribution in [0, 0.1) is 0 Å². The van der Waals surface area contributed by atoms with E-state index in [2.05, 4.69) is 20.5 Å². The lowest BCUT2D eigenvalue weighted by Gasteiger charge is -2.18. The maximum Gasteiger partial charge on any atom is 0.221 e. The third-order valence-corrected chi connectivity index (χ3v) is 4.39. The minimum atomic E-state index is -0.180. The number of hydrogen-bond acceptors (Lipinski definition) is 4. The van der Waals surface area contributed by atoms with Crippen LogP contribution in [0.25, 0.3) is 0 Å². The third-order valence-electron chi connectivity index (χ3n) is 3.44. The van der Waals surface area contributed by atoms with E-state index in [0.29, 0.717) is 23.7 Å². The summed E-state index contributed by atoms with van der Waals surface area (Å²) in [6.07, 6.45) is 2.32. The summed E-state index contributed by atoms with van der Waals surface area (Å²) in [5, 5.41) is 14.3. The molecule has 0 aliphatic heterocycles. The van der Waals surface area contributed by atoms with Gasteiger partial charge in [0.1, 0.15) is 12.2 Å². The van der Waals surface area contributed by atoms with E-state index in [1.54, 1.807) is 11.3 Å². The Morgan fingerprint density at radius 3 is 2.74 bits per heavy atom. The predicted octanol–water partition coefficient (Wildman–Crippen LogP) is 3.36. The van der Waals surface area contributed by atoms with Crippen LogP contribution in [-0.2, 0) is 11.2 Å². The molecular weight excluding hydrogens is 332 g/mol. The molecule has 0 radical (unpaired) electrons. The van der Waals surface area contributed by atoms with Crippen molar-refractivity contribution in [3.05, 3.63) is 69.4 Å². The van der Waals surface area contributed by atoms with Crippen LogP contribution in [0.1, 0.15) is 29.4 Å². The molecular formula is C16H15ClN4OS. The zero-order valence-electron chi connectivity index (χ0n) is 12.2. The minimum Gasteiger partial charge on any atom is -0.345 e. The number of aromatic amines is 1. The summed E-state index contributed by atoms with van der Waals surface area (Å²) in [7, 11) is 0. The molecule has 0 saturated heterocycles. The molecule has 0 unspecified atom stereocenters. The lowest BCUT2D eigenvalue weighted by Crippen LogP contribution is -2.29. The summed E-state index contributed by atoms with van der Waals surface area (Å²) in [6, 6.07) is 9.36. The Bertz CT molecular complexity index is 741. The van der Waals surface area contributed by atoms with Crippen LogP contribution < -0.4 is 5.32 Å². The van der Waals surface area contributed by atoms with Crippen LogP contribution in [0.4, 0.5) is 0 Å². The number of H-pyrrole nitrogens is 1. The molecule has 0 aliphatic rings. The Labute approximate surface area is 142 Å². The molecule has 1 atom stereocenters. The molecule has 3 aromatic rings. The molecule has 118 valence electrons. The summed E-state index contributed by atoms with van der Waals surface area (Å²) in [5.41, 5.74) is 2.06. The van der Waals surface area contributed by atoms with Crippen molar-refractivity contribution < 1.29 is 4.79 Å². The van der Waals surface area contributed by atoms with Crippen molar-refractivity contribution in [2.75, 3.05) is 0 Å². The number of halogens is 1. The van der Waals surface area contributed by atoms with Crippen molar-refractivity contribution in [3.63, 3.8) is 0 Å². The van der Waals surface area contributed by atoms with Crippen molar-refractivity contribution in [2.24, 2.45) is 0 Å². The van der Waals surface area contributed by atoms with E-state index >= 15 is 0 Å². The number of amides is 1. The van der Waals surface area contributed by atoms with E-state index < -0.39 is 0 Å². The maximum atomic E-state index is 12.3. The highest BCUT2D eigenvalue weighted by molar-refractivity contribution is 7.08. The Morgan fingerprint density at radius 2 is 2.09 bits per heavy atom. The smallest absolute Gasteiger partial charge is 0.221 e. The van der Waals surface area contributed by atoms with Gasteiger partial charge in [-0.05, 0) is 40.1 Å². The Morgan fingerprint density at radius 1 is 1.26 bits per heavy atom. The van der Waals surface area contributed by atoms with E-state index in [9.17, 15) is 4.79 Å². The number of nitrogens with one attached hydrogen (secondary N) is 2. The first kappa shape index (κ1) is 15.7. The fourth-order valence-electron chi connectivity index (χ4n) is 2.27. The van der Waals surface area contributed by atoms with Gasteiger partial charge in [-0.2, -0.15) is 16.4 Å². The van der Waals surface area contributed by atoms with Gasteiger partial charge in [0.2, 0.25) is 5.91 Å². The Hall–Kier alpha value is -2.18. The second kappa shape index (κ2) is 7.39. The fraction of sp³-hybridized carbons (Fsp3) is 0.188. The molecule has 0 spiro atoms. The number of nitrogens with zero attached hydrogens (tertiary/aromatic N) is 2. The van der Waals surface area contributed by atoms with Gasteiger partial charge in [-0.3, -0.25) is 9.89 Å². The quantitative estimate of drug-likeness (QED) is 0.719. The number of carbonyl (C=O) groups is 1. The van der Waals surface area contributed by atoms with Gasteiger partial charge in [0.15, 0.2) is 0 Å². The molecule has 3 rings (SSSR count). The molecule has 2 aromatic heterocycles. The molecule has 0 aliphatic carbocycles. The number of benzene rings is 1. The molecule has 23 heavy (non-hydrogen) atoms. The summed E-state index contributed by atoms with van der Waals surface area (Å²) in [6.45, 7) is 0. The molecule has 0 bridgehead atoms. The number of aryl methyl sites for hydroxylation is 1. The van der Waals surface area contributed by atoms with Gasteiger partial charge in [0.25, 0.3) is 0 Å². The topological polar surface area (TPSA) is 70.7 Å². The van der Waals surface area contributed by atoms with E-state index in [0.717, 1.165) is 11.1 Å². The van der Waals surface area contributed by atoms with Crippen LogP contribution in [0.5, 0.6) is 0 Å². The monoisotopic (exact) mass is 346 g/mol. The largest absolute Gasteiger partial charge is 0.345 e. The van der Waals surface area contributed by atoms with Crippen LogP contribution in [-0.4, -0.2) is 21.1 Å². The zero-order chi connectivity index (χ0) is 16.1. The number of carbonyl (C=O) groups excluding carboxylic acids is 1. The number of hydrogen-bond donors (Lipinski definition) is 2. The van der Waals surface area contributed by atoms with Crippen molar-refractivity contribution in [3.8, 4) is 0 Å². The SMILES string of the molecule is O=C(CCc1ncn[nH]1)N[C@H](c1ccc(Cl)cc1)c1ccsc1. The molecule has 2 heterocycles. The highest BCUT2D eigenvalue weighted by Gasteiger charge is 2.17. The van der Waals surface area contributed by atoms with Crippen LogP contribution in [0.15, 0.2) is 47.4 Å². The summed E-state index contributed by atoms with van der Waals surface area (Å²) >= 11 is 7.56. The van der Waals surface area contributed by atoms with Gasteiger partial charge in [-0.15, -0.1) is 0 Å². The van der Waals surface area contributed by atoms with Gasteiger partial charge in [-0.1, -0.05) is 23.7 Å². The van der Waals surface area contributed by atoms with Crippen molar-refractivity contribution in [1.29, 1.82) is 0 Å². The summed E-state index contributed by atoms with van der Waals surface area (Å²) in [4.78, 5) is 16.3. The van der Waals surface area contributed by atoms with E-state index in [1.807, 2.05) is 41.1 Å². The fourth-order valence-corrected chi connectivity index (χ4v) is 3.08. The van der Waals surface area contributed by atoms with E-state index in [4.69, 9.17) is 11.6 Å². The second-order valence-corrected chi connectivity index (χ2v) is 6.26. The first-order valence-corrected chi connectivity index (χ1v) is 8.45. The average Bonchev–Trinajstić information content (AvgIpc) is 3.25. The van der Waals surface area contributed by atoms with Crippen molar-refractivity contribution >= 4 is 28.8 Å². The van der Waals surface area contributed by atoms with Crippen molar-refractivity contribution in [1.82, 2.24) is 20.5 Å². The molecule has 1 amide bonds. The number of rotatable bonds is 6. The second-order valence-electron chi connectivity index (χ2n) is 5.04. The molecule has 7 heteroatoms. The van der Waals surface area contributed by atoms with Crippen LogP contribution >= 0.6 is 22.9 Å². The van der Waals surface area contributed by atoms with E-state index in [-0.39, 0.29) is 11.9 Å². The standard InChI is InChI=1S/C16H15ClN4OS/c17-13-3-1-11(2-4-13)16(12-7-8-23-9-12)20-15(22)6-5-14-18-10-19-21-14/h1-4,7-10,16H,5-6H2,(H,20,22)(H,18,19,21)/t16-/m1/s1. The highest BCUT2D eigenvalue weighted by Crippen LogP contribution is 2.25. The molecule has 0 saturated carbocycles. The minimum absolute atomic E-state index is 0.0347. The first-order chi connectivity index (χ1) is 11.2. The van der Waals surface area contributed by atoms with Crippen LogP contribution in [0.2, 0.25) is 5.02 Å². The summed E-state index contributed by atoms with van der Waals surface area (Å²) < 4.78 is 0. The third kappa shape index (κ3) is 4.18. The predicted molar refractivity (Wildman–Crippen MR) is 90.5 cm³/mol. The summed E-state index contributed by atoms with van der Waals surface area (Å²) in [5.74, 6) is 0.672. The molecule has 1 aromatic carbocycles. The van der Waals surface area contributed by atoms with Crippen LogP contribution in [0.3, 0.4) is 0 Å².